The number of anilines is 1. The third-order valence-electron chi connectivity index (χ3n) is 4.71. The monoisotopic (exact) mass is 361 g/mol. The zero-order valence-corrected chi connectivity index (χ0v) is 16.8. The fourth-order valence-electron chi connectivity index (χ4n) is 3.04. The number of aromatic nitrogens is 2. The molecule has 2 rings (SSSR count). The number of hydrogen-bond donors (Lipinski definition) is 2. The Bertz CT molecular complexity index is 524. The lowest BCUT2D eigenvalue weighted by atomic mass is 10.0. The molecule has 0 bridgehead atoms. The molecule has 1 saturated heterocycles. The van der Waals surface area contributed by atoms with Crippen molar-refractivity contribution in [1.29, 1.82) is 0 Å². The van der Waals surface area contributed by atoms with Crippen LogP contribution >= 0.6 is 0 Å². The number of rotatable bonds is 8. The van der Waals surface area contributed by atoms with Gasteiger partial charge in [0.2, 0.25) is 5.95 Å². The van der Waals surface area contributed by atoms with E-state index in [0.717, 1.165) is 57.1 Å². The summed E-state index contributed by atoms with van der Waals surface area (Å²) in [6, 6.07) is 2.30. The minimum Gasteiger partial charge on any atom is -0.355 e. The van der Waals surface area contributed by atoms with Gasteiger partial charge in [-0.1, -0.05) is 13.8 Å². The molecule has 7 heteroatoms. The van der Waals surface area contributed by atoms with E-state index in [4.69, 9.17) is 0 Å². The summed E-state index contributed by atoms with van der Waals surface area (Å²) >= 11 is 0. The van der Waals surface area contributed by atoms with E-state index in [-0.39, 0.29) is 0 Å². The maximum absolute atomic E-state index is 4.34. The first-order valence-electron chi connectivity index (χ1n) is 9.80. The van der Waals surface area contributed by atoms with Crippen molar-refractivity contribution in [3.8, 4) is 0 Å². The van der Waals surface area contributed by atoms with Crippen molar-refractivity contribution in [3.05, 3.63) is 18.5 Å². The van der Waals surface area contributed by atoms with Gasteiger partial charge in [-0.15, -0.1) is 0 Å². The standard InChI is InChI=1S/C19H35N7/c1-16(2)6-7-17(3)24-18(20-4)21-10-11-25-12-14-26(15-13-25)19-22-8-5-9-23-19/h5,8-9,16-17H,6-7,10-15H2,1-4H3,(H2,20,21,24). The summed E-state index contributed by atoms with van der Waals surface area (Å²) in [6.07, 6.45) is 6.02. The molecular weight excluding hydrogens is 326 g/mol. The molecule has 1 unspecified atom stereocenters. The molecule has 2 heterocycles. The highest BCUT2D eigenvalue weighted by Gasteiger charge is 2.18. The fraction of sp³-hybridized carbons (Fsp3) is 0.737. The van der Waals surface area contributed by atoms with E-state index in [1.165, 1.54) is 12.8 Å². The van der Waals surface area contributed by atoms with Crippen molar-refractivity contribution in [2.24, 2.45) is 10.9 Å². The van der Waals surface area contributed by atoms with Crippen molar-refractivity contribution < 1.29 is 0 Å². The zero-order chi connectivity index (χ0) is 18.8. The lowest BCUT2D eigenvalue weighted by Gasteiger charge is -2.34. The molecule has 0 spiro atoms. The van der Waals surface area contributed by atoms with Crippen molar-refractivity contribution in [1.82, 2.24) is 25.5 Å². The fourth-order valence-corrected chi connectivity index (χ4v) is 3.04. The van der Waals surface area contributed by atoms with E-state index in [9.17, 15) is 0 Å². The predicted molar refractivity (Wildman–Crippen MR) is 109 cm³/mol. The highest BCUT2D eigenvalue weighted by atomic mass is 15.3. The number of guanidine groups is 1. The Morgan fingerprint density at radius 1 is 1.12 bits per heavy atom. The van der Waals surface area contributed by atoms with Crippen molar-refractivity contribution in [2.45, 2.75) is 39.7 Å². The molecule has 1 aromatic rings. The first-order valence-corrected chi connectivity index (χ1v) is 9.80. The third kappa shape index (κ3) is 7.15. The first kappa shape index (κ1) is 20.4. The van der Waals surface area contributed by atoms with Gasteiger partial charge in [0.25, 0.3) is 0 Å². The molecule has 1 aliphatic rings. The van der Waals surface area contributed by atoms with Gasteiger partial charge >= 0.3 is 0 Å². The number of nitrogens with one attached hydrogen (secondary N) is 2. The van der Waals surface area contributed by atoms with Crippen LogP contribution in [0.1, 0.15) is 33.6 Å². The molecule has 0 aromatic carbocycles. The number of nitrogens with zero attached hydrogens (tertiary/aromatic N) is 5. The summed E-state index contributed by atoms with van der Waals surface area (Å²) in [5.74, 6) is 2.48. The van der Waals surface area contributed by atoms with Crippen molar-refractivity contribution in [3.63, 3.8) is 0 Å². The van der Waals surface area contributed by atoms with Crippen LogP contribution in [0.3, 0.4) is 0 Å². The van der Waals surface area contributed by atoms with Gasteiger partial charge < -0.3 is 15.5 Å². The molecule has 7 nitrogen and oxygen atoms in total. The molecule has 1 atom stereocenters. The Labute approximate surface area is 158 Å². The lowest BCUT2D eigenvalue weighted by Crippen LogP contribution is -2.50. The first-order chi connectivity index (χ1) is 12.6. The molecule has 146 valence electrons. The Balaban J connectivity index is 1.63. The second kappa shape index (κ2) is 11.0. The summed E-state index contributed by atoms with van der Waals surface area (Å²) in [5, 5.41) is 6.92. The molecule has 2 N–H and O–H groups in total. The van der Waals surface area contributed by atoms with Crippen LogP contribution in [0.5, 0.6) is 0 Å². The van der Waals surface area contributed by atoms with Crippen LogP contribution in [0.2, 0.25) is 0 Å². The van der Waals surface area contributed by atoms with E-state index in [2.05, 4.69) is 56.2 Å². The van der Waals surface area contributed by atoms with E-state index in [0.29, 0.717) is 6.04 Å². The average Bonchev–Trinajstić information content (AvgIpc) is 2.67. The van der Waals surface area contributed by atoms with E-state index in [1.54, 1.807) is 12.4 Å². The molecule has 0 saturated carbocycles. The number of piperazine rings is 1. The van der Waals surface area contributed by atoms with Gasteiger partial charge in [-0.3, -0.25) is 9.89 Å². The summed E-state index contributed by atoms with van der Waals surface area (Å²) in [6.45, 7) is 12.7. The Hall–Kier alpha value is -1.89. The Morgan fingerprint density at radius 3 is 2.42 bits per heavy atom. The highest BCUT2D eigenvalue weighted by molar-refractivity contribution is 5.79. The minimum atomic E-state index is 0.443. The van der Waals surface area contributed by atoms with Gasteiger partial charge in [0.1, 0.15) is 0 Å². The van der Waals surface area contributed by atoms with Gasteiger partial charge in [-0.2, -0.15) is 0 Å². The topological polar surface area (TPSA) is 68.7 Å². The molecule has 1 aromatic heterocycles. The lowest BCUT2D eigenvalue weighted by molar-refractivity contribution is 0.260. The summed E-state index contributed by atoms with van der Waals surface area (Å²) in [7, 11) is 1.84. The zero-order valence-electron chi connectivity index (χ0n) is 16.8. The summed E-state index contributed by atoms with van der Waals surface area (Å²) in [4.78, 5) is 17.7. The molecular formula is C19H35N7. The van der Waals surface area contributed by atoms with Crippen molar-refractivity contribution >= 4 is 11.9 Å². The van der Waals surface area contributed by atoms with E-state index < -0.39 is 0 Å². The summed E-state index contributed by atoms with van der Waals surface area (Å²) < 4.78 is 0. The Kier molecular flexibility index (Phi) is 8.61. The normalized spacial score (nSPS) is 17.4. The van der Waals surface area contributed by atoms with Gasteiger partial charge in [0.15, 0.2) is 5.96 Å². The maximum atomic E-state index is 4.34. The third-order valence-corrected chi connectivity index (χ3v) is 4.71. The predicted octanol–water partition coefficient (Wildman–Crippen LogP) is 1.59. The van der Waals surface area contributed by atoms with Gasteiger partial charge in [0.05, 0.1) is 0 Å². The van der Waals surface area contributed by atoms with Gasteiger partial charge in [0, 0.05) is 64.8 Å². The van der Waals surface area contributed by atoms with Crippen LogP contribution in [0, 0.1) is 5.92 Å². The van der Waals surface area contributed by atoms with E-state index in [1.807, 2.05) is 13.1 Å². The highest BCUT2D eigenvalue weighted by Crippen LogP contribution is 2.09. The molecule has 0 aliphatic carbocycles. The van der Waals surface area contributed by atoms with Crippen molar-refractivity contribution in [2.75, 3.05) is 51.2 Å². The van der Waals surface area contributed by atoms with Crippen LogP contribution < -0.4 is 15.5 Å². The number of hydrogen-bond acceptors (Lipinski definition) is 5. The molecule has 1 fully saturated rings. The molecule has 26 heavy (non-hydrogen) atoms. The van der Waals surface area contributed by atoms with Crippen LogP contribution in [-0.4, -0.2) is 73.2 Å². The van der Waals surface area contributed by atoms with E-state index >= 15 is 0 Å². The smallest absolute Gasteiger partial charge is 0.225 e. The summed E-state index contributed by atoms with van der Waals surface area (Å²) in [5.41, 5.74) is 0. The van der Waals surface area contributed by atoms with Crippen LogP contribution in [0.25, 0.3) is 0 Å². The second-order valence-electron chi connectivity index (χ2n) is 7.39. The largest absolute Gasteiger partial charge is 0.355 e. The molecule has 0 radical (unpaired) electrons. The minimum absolute atomic E-state index is 0.443. The van der Waals surface area contributed by atoms with Crippen LogP contribution in [-0.2, 0) is 0 Å². The van der Waals surface area contributed by atoms with Gasteiger partial charge in [-0.05, 0) is 31.7 Å². The van der Waals surface area contributed by atoms with Crippen LogP contribution in [0.4, 0.5) is 5.95 Å². The van der Waals surface area contributed by atoms with Crippen LogP contribution in [0.15, 0.2) is 23.5 Å². The quantitative estimate of drug-likeness (QED) is 0.541. The molecule has 1 aliphatic heterocycles. The second-order valence-corrected chi connectivity index (χ2v) is 7.39. The Morgan fingerprint density at radius 2 is 1.81 bits per heavy atom. The van der Waals surface area contributed by atoms with Gasteiger partial charge in [-0.25, -0.2) is 9.97 Å². The SMILES string of the molecule is CN=C(NCCN1CCN(c2ncccn2)CC1)NC(C)CCC(C)C. The maximum Gasteiger partial charge on any atom is 0.225 e. The molecule has 0 amide bonds. The number of aliphatic imine (C=N–C) groups is 1. The average molecular weight is 362 g/mol.